The van der Waals surface area contributed by atoms with Crippen molar-refractivity contribution in [2.24, 2.45) is 5.73 Å². The van der Waals surface area contributed by atoms with Gasteiger partial charge in [0.2, 0.25) is 10.0 Å². The molecule has 0 aliphatic heterocycles. The second-order valence-corrected chi connectivity index (χ2v) is 6.91. The van der Waals surface area contributed by atoms with Gasteiger partial charge in [-0.25, -0.2) is 13.1 Å². The first-order valence-corrected chi connectivity index (χ1v) is 7.09. The molecule has 0 spiro atoms. The molecule has 1 atom stereocenters. The summed E-state index contributed by atoms with van der Waals surface area (Å²) >= 11 is 12.4. The third-order valence-electron chi connectivity index (χ3n) is 1.62. The molecule has 0 radical (unpaired) electrons. The van der Waals surface area contributed by atoms with E-state index in [0.717, 1.165) is 11.3 Å². The largest absolute Gasteiger partial charge is 0.329 e. The highest BCUT2D eigenvalue weighted by Gasteiger charge is 2.22. The number of nitrogens with two attached hydrogens (primary N) is 1. The van der Waals surface area contributed by atoms with Gasteiger partial charge in [0.05, 0.1) is 4.34 Å². The van der Waals surface area contributed by atoms with E-state index in [9.17, 15) is 8.42 Å². The molecule has 3 N–H and O–H groups in total. The second-order valence-electron chi connectivity index (χ2n) is 2.95. The first-order chi connectivity index (χ1) is 6.86. The highest BCUT2D eigenvalue weighted by atomic mass is 35.5. The lowest BCUT2D eigenvalue weighted by Crippen LogP contribution is -2.37. The molecule has 0 aliphatic rings. The van der Waals surface area contributed by atoms with Crippen LogP contribution in [0.25, 0.3) is 0 Å². The van der Waals surface area contributed by atoms with E-state index >= 15 is 0 Å². The maximum atomic E-state index is 11.7. The predicted molar refractivity (Wildman–Crippen MR) is 63.2 cm³/mol. The average molecular weight is 289 g/mol. The average Bonchev–Trinajstić information content (AvgIpc) is 2.45. The summed E-state index contributed by atoms with van der Waals surface area (Å²) in [7, 11) is -3.62. The lowest BCUT2D eigenvalue weighted by Gasteiger charge is -2.10. The Labute approximate surface area is 102 Å². The van der Waals surface area contributed by atoms with Crippen molar-refractivity contribution in [3.05, 3.63) is 14.7 Å². The second kappa shape index (κ2) is 4.99. The Morgan fingerprint density at radius 3 is 2.60 bits per heavy atom. The lowest BCUT2D eigenvalue weighted by molar-refractivity contribution is 0.563. The molecule has 4 nitrogen and oxygen atoms in total. The van der Waals surface area contributed by atoms with E-state index < -0.39 is 10.0 Å². The van der Waals surface area contributed by atoms with E-state index in [1.807, 2.05) is 0 Å². The van der Waals surface area contributed by atoms with E-state index in [1.165, 1.54) is 6.07 Å². The quantitative estimate of drug-likeness (QED) is 0.885. The van der Waals surface area contributed by atoms with E-state index in [-0.39, 0.29) is 21.8 Å². The number of halogens is 2. The molecule has 0 fully saturated rings. The Balaban J connectivity index is 3.01. The molecule has 8 heteroatoms. The van der Waals surface area contributed by atoms with Crippen molar-refractivity contribution >= 4 is 44.6 Å². The van der Waals surface area contributed by atoms with Gasteiger partial charge >= 0.3 is 0 Å². The zero-order valence-corrected chi connectivity index (χ0v) is 11.0. The van der Waals surface area contributed by atoms with Crippen LogP contribution in [0.1, 0.15) is 6.92 Å². The van der Waals surface area contributed by atoms with Gasteiger partial charge in [-0.2, -0.15) is 0 Å². The minimum atomic E-state index is -3.62. The van der Waals surface area contributed by atoms with Crippen molar-refractivity contribution in [1.29, 1.82) is 0 Å². The van der Waals surface area contributed by atoms with Crippen LogP contribution in [0.15, 0.2) is 11.0 Å². The van der Waals surface area contributed by atoms with Crippen LogP contribution in [-0.4, -0.2) is 21.0 Å². The summed E-state index contributed by atoms with van der Waals surface area (Å²) in [6.07, 6.45) is 0. The van der Waals surface area contributed by atoms with Gasteiger partial charge in [0.1, 0.15) is 9.23 Å². The fourth-order valence-corrected chi connectivity index (χ4v) is 4.29. The first-order valence-electron chi connectivity index (χ1n) is 4.04. The minimum absolute atomic E-state index is 0.000494. The maximum absolute atomic E-state index is 11.7. The van der Waals surface area contributed by atoms with E-state index in [4.69, 9.17) is 28.9 Å². The molecule has 86 valence electrons. The standard InChI is InChI=1S/C7H10Cl2N2O2S2/c1-4(3-10)11-15(12,13)5-2-6(8)14-7(5)9/h2,4,11H,3,10H2,1H3/t4-/m1/s1. The topological polar surface area (TPSA) is 72.2 Å². The van der Waals surface area contributed by atoms with E-state index in [1.54, 1.807) is 6.92 Å². The molecule has 0 unspecified atom stereocenters. The monoisotopic (exact) mass is 288 g/mol. The van der Waals surface area contributed by atoms with Crippen molar-refractivity contribution in [2.75, 3.05) is 6.54 Å². The van der Waals surface area contributed by atoms with Gasteiger partial charge < -0.3 is 5.73 Å². The van der Waals surface area contributed by atoms with Crippen LogP contribution >= 0.6 is 34.5 Å². The highest BCUT2D eigenvalue weighted by Crippen LogP contribution is 2.34. The maximum Gasteiger partial charge on any atom is 0.243 e. The first kappa shape index (κ1) is 13.2. The Kier molecular flexibility index (Phi) is 4.39. The van der Waals surface area contributed by atoms with Crippen LogP contribution in [0, 0.1) is 0 Å². The Morgan fingerprint density at radius 1 is 1.60 bits per heavy atom. The number of hydrogen-bond donors (Lipinski definition) is 2. The summed E-state index contributed by atoms with van der Waals surface area (Å²) in [5.74, 6) is 0. The summed E-state index contributed by atoms with van der Waals surface area (Å²) < 4.78 is 26.3. The fraction of sp³-hybridized carbons (Fsp3) is 0.429. The van der Waals surface area contributed by atoms with Crippen LogP contribution < -0.4 is 10.5 Å². The molecule has 15 heavy (non-hydrogen) atoms. The van der Waals surface area contributed by atoms with Gasteiger partial charge in [-0.05, 0) is 13.0 Å². The third-order valence-corrected chi connectivity index (χ3v) is 4.97. The number of thiophene rings is 1. The molecule has 1 heterocycles. The van der Waals surface area contributed by atoms with Gasteiger partial charge in [-0.15, -0.1) is 11.3 Å². The Hall–Kier alpha value is 0.150. The minimum Gasteiger partial charge on any atom is -0.329 e. The number of rotatable bonds is 4. The molecule has 0 amide bonds. The summed E-state index contributed by atoms with van der Waals surface area (Å²) in [5, 5.41) is 0. The Morgan fingerprint density at radius 2 is 2.20 bits per heavy atom. The molecule has 0 saturated carbocycles. The van der Waals surface area contributed by atoms with Gasteiger partial charge in [-0.1, -0.05) is 23.2 Å². The normalized spacial score (nSPS) is 14.1. The van der Waals surface area contributed by atoms with Crippen molar-refractivity contribution in [3.8, 4) is 0 Å². The van der Waals surface area contributed by atoms with Crippen LogP contribution in [0.3, 0.4) is 0 Å². The molecule has 0 saturated heterocycles. The van der Waals surface area contributed by atoms with Crippen LogP contribution in [0.5, 0.6) is 0 Å². The molecular formula is C7H10Cl2N2O2S2. The summed E-state index contributed by atoms with van der Waals surface area (Å²) in [6.45, 7) is 1.88. The zero-order valence-electron chi connectivity index (χ0n) is 7.83. The smallest absolute Gasteiger partial charge is 0.243 e. The van der Waals surface area contributed by atoms with Gasteiger partial charge in [0.15, 0.2) is 0 Å². The highest BCUT2D eigenvalue weighted by molar-refractivity contribution is 7.89. The zero-order chi connectivity index (χ0) is 11.6. The van der Waals surface area contributed by atoms with Crippen molar-refractivity contribution in [3.63, 3.8) is 0 Å². The molecular weight excluding hydrogens is 279 g/mol. The molecule has 1 rings (SSSR count). The fourth-order valence-electron chi connectivity index (χ4n) is 0.885. The van der Waals surface area contributed by atoms with Gasteiger partial charge in [-0.3, -0.25) is 0 Å². The third kappa shape index (κ3) is 3.30. The van der Waals surface area contributed by atoms with Gasteiger partial charge in [0, 0.05) is 12.6 Å². The SMILES string of the molecule is C[C@H](CN)NS(=O)(=O)c1cc(Cl)sc1Cl. The van der Waals surface area contributed by atoms with Crippen molar-refractivity contribution in [1.82, 2.24) is 4.72 Å². The Bertz CT molecular complexity index is 444. The summed E-state index contributed by atoms with van der Waals surface area (Å²) in [5.41, 5.74) is 5.32. The van der Waals surface area contributed by atoms with E-state index in [0.29, 0.717) is 4.34 Å². The summed E-state index contributed by atoms with van der Waals surface area (Å²) in [4.78, 5) is -0.000494. The number of nitrogens with one attached hydrogen (secondary N) is 1. The lowest BCUT2D eigenvalue weighted by atomic mass is 10.4. The summed E-state index contributed by atoms with van der Waals surface area (Å²) in [6, 6.07) is 0.977. The molecule has 0 bridgehead atoms. The predicted octanol–water partition coefficient (Wildman–Crippen LogP) is 1.68. The van der Waals surface area contributed by atoms with Crippen molar-refractivity contribution < 1.29 is 8.42 Å². The molecule has 1 aromatic rings. The van der Waals surface area contributed by atoms with Gasteiger partial charge in [0.25, 0.3) is 0 Å². The van der Waals surface area contributed by atoms with Crippen molar-refractivity contribution in [2.45, 2.75) is 17.9 Å². The number of hydrogen-bond acceptors (Lipinski definition) is 4. The molecule has 0 aliphatic carbocycles. The van der Waals surface area contributed by atoms with Crippen LogP contribution in [0.2, 0.25) is 8.67 Å². The van der Waals surface area contributed by atoms with Crippen LogP contribution in [0.4, 0.5) is 0 Å². The molecule has 0 aromatic carbocycles. The van der Waals surface area contributed by atoms with Crippen LogP contribution in [-0.2, 0) is 10.0 Å². The number of sulfonamides is 1. The molecule has 1 aromatic heterocycles. The van der Waals surface area contributed by atoms with E-state index in [2.05, 4.69) is 4.72 Å².